The summed E-state index contributed by atoms with van der Waals surface area (Å²) in [6, 6.07) is 3.64. The highest BCUT2D eigenvalue weighted by Crippen LogP contribution is 2.36. The Morgan fingerprint density at radius 1 is 1.28 bits per heavy atom. The maximum absolute atomic E-state index is 11.7. The Labute approximate surface area is 154 Å². The van der Waals surface area contributed by atoms with Gasteiger partial charge in [-0.1, -0.05) is 11.6 Å². The first kappa shape index (κ1) is 20.9. The average Bonchev–Trinajstić information content (AvgIpc) is 2.58. The lowest BCUT2D eigenvalue weighted by molar-refractivity contribution is -0.127. The van der Waals surface area contributed by atoms with E-state index >= 15 is 0 Å². The molecule has 0 saturated heterocycles. The molecule has 0 spiro atoms. The molecule has 0 aliphatic heterocycles. The second-order valence-electron chi connectivity index (χ2n) is 5.38. The maximum Gasteiger partial charge on any atom is 0.241 e. The van der Waals surface area contributed by atoms with Gasteiger partial charge in [0, 0.05) is 20.6 Å². The van der Waals surface area contributed by atoms with Crippen molar-refractivity contribution in [2.75, 3.05) is 40.9 Å². The number of methoxy groups -OCH3 is 1. The fraction of sp³-hybridized carbons (Fsp3) is 0.529. The zero-order valence-corrected chi connectivity index (χ0v) is 16.2. The largest absolute Gasteiger partial charge is 0.493 e. The summed E-state index contributed by atoms with van der Waals surface area (Å²) in [4.78, 5) is 17.7. The van der Waals surface area contributed by atoms with Crippen molar-refractivity contribution in [2.45, 2.75) is 20.4 Å². The van der Waals surface area contributed by atoms with Gasteiger partial charge >= 0.3 is 0 Å². The minimum absolute atomic E-state index is 0.0311. The number of hydrogen-bond donors (Lipinski definition) is 2. The molecule has 0 radical (unpaired) electrons. The Bertz CT molecular complexity index is 606. The van der Waals surface area contributed by atoms with Crippen molar-refractivity contribution in [3.8, 4) is 11.5 Å². The van der Waals surface area contributed by atoms with Crippen LogP contribution in [0.25, 0.3) is 0 Å². The molecule has 0 saturated carbocycles. The first-order chi connectivity index (χ1) is 11.9. The van der Waals surface area contributed by atoms with E-state index in [0.29, 0.717) is 42.2 Å². The highest BCUT2D eigenvalue weighted by Gasteiger charge is 2.12. The van der Waals surface area contributed by atoms with Gasteiger partial charge in [-0.05, 0) is 31.5 Å². The van der Waals surface area contributed by atoms with E-state index in [1.54, 1.807) is 27.3 Å². The number of carbonyl (C=O) groups is 1. The number of nitrogens with zero attached hydrogens (tertiary/aromatic N) is 2. The molecule has 1 aromatic carbocycles. The monoisotopic (exact) mass is 370 g/mol. The zero-order valence-electron chi connectivity index (χ0n) is 15.5. The summed E-state index contributed by atoms with van der Waals surface area (Å²) in [5, 5.41) is 6.59. The third-order valence-corrected chi connectivity index (χ3v) is 3.53. The number of likely N-dealkylation sites (N-methyl/N-ethyl adjacent to an activating group) is 1. The predicted molar refractivity (Wildman–Crippen MR) is 101 cm³/mol. The SMILES string of the molecule is CCNC(=NCc1cc(Cl)c(OCC)c(OC)c1)NCC(=O)N(C)C. The molecule has 0 bridgehead atoms. The Kier molecular flexibility index (Phi) is 8.91. The average molecular weight is 371 g/mol. The molecule has 0 heterocycles. The van der Waals surface area contributed by atoms with Crippen LogP contribution in [0.15, 0.2) is 17.1 Å². The fourth-order valence-corrected chi connectivity index (χ4v) is 2.27. The summed E-state index contributed by atoms with van der Waals surface area (Å²) in [6.45, 7) is 5.59. The molecule has 0 aliphatic carbocycles. The van der Waals surface area contributed by atoms with Crippen LogP contribution in [0.4, 0.5) is 0 Å². The van der Waals surface area contributed by atoms with Crippen LogP contribution in [-0.4, -0.2) is 57.7 Å². The minimum atomic E-state index is -0.0311. The van der Waals surface area contributed by atoms with Gasteiger partial charge in [0.1, 0.15) is 0 Å². The van der Waals surface area contributed by atoms with Crippen LogP contribution in [0.3, 0.4) is 0 Å². The first-order valence-electron chi connectivity index (χ1n) is 8.14. The molecule has 0 atom stereocenters. The molecule has 0 unspecified atom stereocenters. The second kappa shape index (κ2) is 10.7. The van der Waals surface area contributed by atoms with Crippen molar-refractivity contribution < 1.29 is 14.3 Å². The van der Waals surface area contributed by atoms with E-state index < -0.39 is 0 Å². The van der Waals surface area contributed by atoms with Crippen LogP contribution in [0.1, 0.15) is 19.4 Å². The first-order valence-corrected chi connectivity index (χ1v) is 8.52. The maximum atomic E-state index is 11.7. The number of rotatable bonds is 8. The van der Waals surface area contributed by atoms with Crippen molar-refractivity contribution in [3.05, 3.63) is 22.7 Å². The summed E-state index contributed by atoms with van der Waals surface area (Å²) in [7, 11) is 4.99. The minimum Gasteiger partial charge on any atom is -0.493 e. The highest BCUT2D eigenvalue weighted by molar-refractivity contribution is 6.32. The van der Waals surface area contributed by atoms with E-state index in [-0.39, 0.29) is 12.5 Å². The van der Waals surface area contributed by atoms with E-state index in [9.17, 15) is 4.79 Å². The van der Waals surface area contributed by atoms with Crippen LogP contribution >= 0.6 is 11.6 Å². The summed E-state index contributed by atoms with van der Waals surface area (Å²) in [5.74, 6) is 1.62. The third kappa shape index (κ3) is 6.70. The van der Waals surface area contributed by atoms with E-state index in [4.69, 9.17) is 21.1 Å². The number of nitrogens with one attached hydrogen (secondary N) is 2. The summed E-state index contributed by atoms with van der Waals surface area (Å²) < 4.78 is 10.8. The van der Waals surface area contributed by atoms with Crippen LogP contribution in [0.2, 0.25) is 5.02 Å². The van der Waals surface area contributed by atoms with Gasteiger partial charge in [-0.25, -0.2) is 4.99 Å². The number of hydrogen-bond acceptors (Lipinski definition) is 4. The van der Waals surface area contributed by atoms with Gasteiger partial charge in [0.05, 0.1) is 31.8 Å². The van der Waals surface area contributed by atoms with Crippen molar-refractivity contribution in [3.63, 3.8) is 0 Å². The smallest absolute Gasteiger partial charge is 0.241 e. The lowest BCUT2D eigenvalue weighted by Gasteiger charge is -2.15. The Morgan fingerprint density at radius 3 is 2.56 bits per heavy atom. The Balaban J connectivity index is 2.88. The van der Waals surface area contributed by atoms with Gasteiger partial charge in [-0.3, -0.25) is 4.79 Å². The molecule has 1 amide bonds. The molecule has 1 rings (SSSR count). The van der Waals surface area contributed by atoms with Crippen molar-refractivity contribution in [2.24, 2.45) is 4.99 Å². The molecule has 0 aromatic heterocycles. The van der Waals surface area contributed by atoms with E-state index in [1.807, 2.05) is 19.9 Å². The predicted octanol–water partition coefficient (Wildman–Crippen LogP) is 1.89. The molecule has 8 heteroatoms. The molecule has 140 valence electrons. The number of guanidine groups is 1. The van der Waals surface area contributed by atoms with Crippen LogP contribution in [0.5, 0.6) is 11.5 Å². The molecule has 0 aliphatic rings. The van der Waals surface area contributed by atoms with Gasteiger partial charge in [0.2, 0.25) is 5.91 Å². The van der Waals surface area contributed by atoms with Crippen molar-refractivity contribution in [1.29, 1.82) is 0 Å². The van der Waals surface area contributed by atoms with Gasteiger partial charge in [0.25, 0.3) is 0 Å². The summed E-state index contributed by atoms with van der Waals surface area (Å²) in [5.41, 5.74) is 0.876. The number of halogens is 1. The Hall–Kier alpha value is -2.15. The van der Waals surface area contributed by atoms with Crippen LogP contribution in [-0.2, 0) is 11.3 Å². The van der Waals surface area contributed by atoms with E-state index in [2.05, 4.69) is 15.6 Å². The number of benzene rings is 1. The number of aliphatic imine (C=N–C) groups is 1. The molecule has 7 nitrogen and oxygen atoms in total. The number of ether oxygens (including phenoxy) is 2. The zero-order chi connectivity index (χ0) is 18.8. The molecule has 0 fully saturated rings. The van der Waals surface area contributed by atoms with Gasteiger partial charge in [-0.15, -0.1) is 0 Å². The van der Waals surface area contributed by atoms with E-state index in [0.717, 1.165) is 5.56 Å². The van der Waals surface area contributed by atoms with Crippen LogP contribution in [0, 0.1) is 0 Å². The molecule has 2 N–H and O–H groups in total. The third-order valence-electron chi connectivity index (χ3n) is 3.25. The highest BCUT2D eigenvalue weighted by atomic mass is 35.5. The number of amides is 1. The van der Waals surface area contributed by atoms with Gasteiger partial charge in [-0.2, -0.15) is 0 Å². The molecule has 25 heavy (non-hydrogen) atoms. The second-order valence-corrected chi connectivity index (χ2v) is 5.79. The normalized spacial score (nSPS) is 11.0. The van der Waals surface area contributed by atoms with E-state index in [1.165, 1.54) is 4.90 Å². The standard InChI is InChI=1S/C17H27ClN4O3/c1-6-19-17(21-11-15(23)22(3)4)20-10-12-8-13(18)16(25-7-2)14(9-12)24-5/h8-9H,6-7,10-11H2,1-5H3,(H2,19,20,21). The number of carbonyl (C=O) groups excluding carboxylic acids is 1. The topological polar surface area (TPSA) is 75.2 Å². The fourth-order valence-electron chi connectivity index (χ4n) is 1.98. The summed E-state index contributed by atoms with van der Waals surface area (Å²) >= 11 is 6.27. The molecule has 1 aromatic rings. The van der Waals surface area contributed by atoms with Gasteiger partial charge < -0.3 is 25.0 Å². The lowest BCUT2D eigenvalue weighted by atomic mass is 10.2. The van der Waals surface area contributed by atoms with Crippen molar-refractivity contribution in [1.82, 2.24) is 15.5 Å². The lowest BCUT2D eigenvalue weighted by Crippen LogP contribution is -2.42. The molecular formula is C17H27ClN4O3. The van der Waals surface area contributed by atoms with Gasteiger partial charge in [0.15, 0.2) is 17.5 Å². The van der Waals surface area contributed by atoms with Crippen LogP contribution < -0.4 is 20.1 Å². The van der Waals surface area contributed by atoms with Crippen molar-refractivity contribution >= 4 is 23.5 Å². The molecular weight excluding hydrogens is 344 g/mol. The quantitative estimate of drug-likeness (QED) is 0.540. The summed E-state index contributed by atoms with van der Waals surface area (Å²) in [6.07, 6.45) is 0. The Morgan fingerprint density at radius 2 is 2.00 bits per heavy atom.